The van der Waals surface area contributed by atoms with Crippen LogP contribution in [0, 0.1) is 0 Å². The summed E-state index contributed by atoms with van der Waals surface area (Å²) in [6.07, 6.45) is 4.73. The molecule has 0 fully saturated rings. The molecule has 8 heterocycles. The van der Waals surface area contributed by atoms with Gasteiger partial charge in [0.2, 0.25) is 0 Å². The summed E-state index contributed by atoms with van der Waals surface area (Å²) in [6, 6.07) is 72.3. The number of rotatable bonds is 2. The zero-order valence-electron chi connectivity index (χ0n) is 49.1. The Morgan fingerprint density at radius 3 is 1.42 bits per heavy atom. The van der Waals surface area contributed by atoms with Gasteiger partial charge in [-0.3, -0.25) is 0 Å². The van der Waals surface area contributed by atoms with Gasteiger partial charge in [0.15, 0.2) is 0 Å². The average molecular weight is 1080 g/mol. The number of benzene rings is 10. The Kier molecular flexibility index (Phi) is 8.32. The Hall–Kier alpha value is -8.73. The van der Waals surface area contributed by atoms with Gasteiger partial charge in [-0.2, -0.15) is 0 Å². The van der Waals surface area contributed by atoms with Crippen LogP contribution in [-0.4, -0.2) is 31.8 Å². The third-order valence-corrected chi connectivity index (χ3v) is 22.7. The SMILES string of the molecule is CC1(C)CCC(C)(C)c2cc(-c3cc4c5ccccc5n5c4c4c3-c3cccc6c3n(c3c7ccc(-c8ccc9c(c8)C(C)(C)CCC9(C)C)c8c7n(c63)B3c6ccccc6-n6c7ccccc7c7ccc-8c3c76)B4c3ccccc3-5)ccc21. The maximum atomic E-state index is 2.88. The van der Waals surface area contributed by atoms with Gasteiger partial charge in [0, 0.05) is 65.9 Å². The number of fused-ring (bicyclic) bond motifs is 23. The summed E-state index contributed by atoms with van der Waals surface area (Å²) in [4.78, 5) is 0. The molecule has 20 rings (SSSR count). The lowest BCUT2D eigenvalue weighted by Gasteiger charge is -2.42. The summed E-state index contributed by atoms with van der Waals surface area (Å²) in [7, 11) is 0. The lowest BCUT2D eigenvalue weighted by Crippen LogP contribution is -2.55. The molecule has 2 aliphatic carbocycles. The summed E-state index contributed by atoms with van der Waals surface area (Å²) >= 11 is 0. The van der Waals surface area contributed by atoms with E-state index >= 15 is 0 Å². The molecule has 6 heteroatoms. The molecule has 4 aromatic heterocycles. The molecule has 0 N–H and O–H groups in total. The van der Waals surface area contributed by atoms with Gasteiger partial charge >= 0.3 is 13.7 Å². The van der Waals surface area contributed by atoms with E-state index in [1.165, 1.54) is 202 Å². The van der Waals surface area contributed by atoms with Crippen molar-refractivity contribution in [1.82, 2.24) is 18.1 Å². The molecular weight excluding hydrogens is 1010 g/mol. The van der Waals surface area contributed by atoms with E-state index in [-0.39, 0.29) is 35.4 Å². The first-order valence-corrected chi connectivity index (χ1v) is 31.0. The van der Waals surface area contributed by atoms with Gasteiger partial charge in [0.1, 0.15) is 0 Å². The van der Waals surface area contributed by atoms with Crippen LogP contribution in [-0.2, 0) is 21.7 Å². The molecule has 0 saturated carbocycles. The van der Waals surface area contributed by atoms with Crippen molar-refractivity contribution in [2.45, 2.75) is 103 Å². The molecular formula is C78H62B2N4. The second-order valence-corrected chi connectivity index (χ2v) is 28.7. The fraction of sp³-hybridized carbons (Fsp3) is 0.205. The van der Waals surface area contributed by atoms with E-state index in [1.807, 2.05) is 0 Å². The van der Waals surface area contributed by atoms with E-state index in [4.69, 9.17) is 0 Å². The minimum absolute atomic E-state index is 0.0632. The van der Waals surface area contributed by atoms with Crippen molar-refractivity contribution < 1.29 is 0 Å². The van der Waals surface area contributed by atoms with Crippen molar-refractivity contribution >= 4 is 112 Å². The molecule has 0 amide bonds. The monoisotopic (exact) mass is 1080 g/mol. The van der Waals surface area contributed by atoms with Crippen LogP contribution < -0.4 is 21.9 Å². The summed E-state index contributed by atoms with van der Waals surface area (Å²) in [6.45, 7) is 19.5. The quantitative estimate of drug-likeness (QED) is 0.154. The second kappa shape index (κ2) is 15.0. The Labute approximate surface area is 490 Å². The van der Waals surface area contributed by atoms with Gasteiger partial charge in [-0.1, -0.05) is 207 Å². The lowest BCUT2D eigenvalue weighted by atomic mass is 9.45. The summed E-state index contributed by atoms with van der Waals surface area (Å²) in [5.74, 6) is 0. The number of para-hydroxylation sites is 5. The standard InChI is InChI=1S/C78H62B2N4/c1-75(2)36-38-77(5,6)57-40-43(28-34-55(57)75)45-30-33-52-70-66(45)49-32-31-48-46-18-9-13-24-61(46)81-63-26-15-11-22-59(63)79(67(49)71(48)81)84(70)73-51-21-17-20-50-65-53(44-29-35-56-58(41-44)78(7,8)39-37-76(56,3)4)42-54-47-19-10-14-25-62(47)82-64-27-16-12-23-60(64)80(68(65)72(54)82)83(69(50)51)74(52)73/h9-35,40-42H,36-39H2,1-8H3. The van der Waals surface area contributed by atoms with E-state index in [0.29, 0.717) is 0 Å². The predicted molar refractivity (Wildman–Crippen MR) is 357 cm³/mol. The first-order valence-electron chi connectivity index (χ1n) is 31.0. The van der Waals surface area contributed by atoms with Crippen molar-refractivity contribution in [1.29, 1.82) is 0 Å². The number of hydrogen-bond acceptors (Lipinski definition) is 0. The number of aromatic nitrogens is 4. The Balaban J connectivity index is 0.974. The van der Waals surface area contributed by atoms with Crippen LogP contribution in [0.3, 0.4) is 0 Å². The molecule has 6 aliphatic rings. The van der Waals surface area contributed by atoms with Gasteiger partial charge in [-0.15, -0.1) is 0 Å². The Bertz CT molecular complexity index is 5470. The van der Waals surface area contributed by atoms with Crippen molar-refractivity contribution in [3.8, 4) is 55.9 Å². The molecule has 400 valence electrons. The number of nitrogens with zero attached hydrogens (tertiary/aromatic N) is 4. The highest BCUT2D eigenvalue weighted by atomic mass is 15.1. The highest BCUT2D eigenvalue weighted by Gasteiger charge is 2.48. The van der Waals surface area contributed by atoms with Crippen molar-refractivity contribution in [2.75, 3.05) is 0 Å². The fourth-order valence-electron chi connectivity index (χ4n) is 18.4. The molecule has 4 nitrogen and oxygen atoms in total. The summed E-state index contributed by atoms with van der Waals surface area (Å²) < 4.78 is 11.0. The van der Waals surface area contributed by atoms with E-state index in [1.54, 1.807) is 0 Å². The van der Waals surface area contributed by atoms with Crippen molar-refractivity contribution in [3.63, 3.8) is 0 Å². The molecule has 0 spiro atoms. The fourth-order valence-corrected chi connectivity index (χ4v) is 18.4. The zero-order chi connectivity index (χ0) is 56.0. The van der Waals surface area contributed by atoms with Crippen LogP contribution in [0.15, 0.2) is 182 Å². The predicted octanol–water partition coefficient (Wildman–Crippen LogP) is 16.9. The topological polar surface area (TPSA) is 19.7 Å². The summed E-state index contributed by atoms with van der Waals surface area (Å²) in [5, 5.41) is 7.89. The molecule has 0 saturated heterocycles. The van der Waals surface area contributed by atoms with Crippen LogP contribution >= 0.6 is 0 Å². The van der Waals surface area contributed by atoms with Crippen LogP contribution in [0.5, 0.6) is 0 Å². The molecule has 0 bridgehead atoms. The third kappa shape index (κ3) is 5.36. The first kappa shape index (κ1) is 46.7. The highest BCUT2D eigenvalue weighted by Crippen LogP contribution is 2.55. The smallest absolute Gasteiger partial charge is 0.333 e. The van der Waals surface area contributed by atoms with Crippen molar-refractivity contribution in [2.24, 2.45) is 0 Å². The second-order valence-electron chi connectivity index (χ2n) is 28.7. The Morgan fingerprint density at radius 2 is 0.786 bits per heavy atom. The Morgan fingerprint density at radius 1 is 0.310 bits per heavy atom. The zero-order valence-corrected chi connectivity index (χ0v) is 49.1. The van der Waals surface area contributed by atoms with Gasteiger partial charge in [0.25, 0.3) is 0 Å². The van der Waals surface area contributed by atoms with E-state index in [9.17, 15) is 0 Å². The first-order chi connectivity index (χ1) is 40.7. The van der Waals surface area contributed by atoms with Crippen LogP contribution in [0.4, 0.5) is 0 Å². The minimum Gasteiger partial charge on any atom is -0.374 e. The molecule has 4 aliphatic heterocycles. The molecule has 0 atom stereocenters. The van der Waals surface area contributed by atoms with Crippen LogP contribution in [0.1, 0.15) is 103 Å². The molecule has 0 unspecified atom stereocenters. The highest BCUT2D eigenvalue weighted by molar-refractivity contribution is 6.92. The van der Waals surface area contributed by atoms with E-state index < -0.39 is 0 Å². The molecule has 14 aromatic rings. The number of hydrogen-bond donors (Lipinski definition) is 0. The molecule has 0 radical (unpaired) electrons. The largest absolute Gasteiger partial charge is 0.374 e. The van der Waals surface area contributed by atoms with Crippen LogP contribution in [0.25, 0.3) is 132 Å². The average Bonchev–Trinajstić information content (AvgIpc) is 1.71. The lowest BCUT2D eigenvalue weighted by molar-refractivity contribution is 0.332. The minimum atomic E-state index is -0.109. The van der Waals surface area contributed by atoms with E-state index in [2.05, 4.69) is 255 Å². The van der Waals surface area contributed by atoms with Gasteiger partial charge in [-0.05, 0) is 155 Å². The molecule has 10 aromatic carbocycles. The third-order valence-electron chi connectivity index (χ3n) is 22.7. The maximum Gasteiger partial charge on any atom is 0.333 e. The van der Waals surface area contributed by atoms with Gasteiger partial charge in [0.05, 0.1) is 33.1 Å². The van der Waals surface area contributed by atoms with Crippen molar-refractivity contribution in [3.05, 3.63) is 204 Å². The summed E-state index contributed by atoms with van der Waals surface area (Å²) in [5.41, 5.74) is 35.6. The molecule has 84 heavy (non-hydrogen) atoms. The van der Waals surface area contributed by atoms with E-state index in [0.717, 1.165) is 0 Å². The van der Waals surface area contributed by atoms with Crippen LogP contribution in [0.2, 0.25) is 0 Å². The van der Waals surface area contributed by atoms with Gasteiger partial charge < -0.3 is 18.1 Å². The maximum absolute atomic E-state index is 2.88. The normalized spacial score (nSPS) is 17.4. The van der Waals surface area contributed by atoms with Gasteiger partial charge in [-0.25, -0.2) is 0 Å².